The zero-order chi connectivity index (χ0) is 19.1. The number of aliphatic carboxylic acids is 1. The van der Waals surface area contributed by atoms with Crippen LogP contribution in [0.5, 0.6) is 11.5 Å². The molecule has 2 rings (SSSR count). The van der Waals surface area contributed by atoms with E-state index in [-0.39, 0.29) is 17.7 Å². The Balaban J connectivity index is 2.14. The van der Waals surface area contributed by atoms with Crippen molar-refractivity contribution in [3.63, 3.8) is 0 Å². The molecule has 0 fully saturated rings. The fraction of sp³-hybridized carbons (Fsp3) is 0.263. The predicted molar refractivity (Wildman–Crippen MR) is 98.1 cm³/mol. The van der Waals surface area contributed by atoms with Crippen molar-refractivity contribution < 1.29 is 24.2 Å². The third-order valence-corrected chi connectivity index (χ3v) is 3.79. The summed E-state index contributed by atoms with van der Waals surface area (Å²) in [6, 6.07) is 11.6. The second-order valence-electron chi connectivity index (χ2n) is 5.53. The standard InChI is InChI=1S/C19H20ClNO5/c1-3-25-17-10-14(7-8-16(17)26-11-18(22)23)19(24)21-12(2)13-5-4-6-15(20)9-13/h4-10,12H,3,11H2,1-2H3,(H,21,24)(H,22,23). The van der Waals surface area contributed by atoms with Gasteiger partial charge in [-0.25, -0.2) is 4.79 Å². The highest BCUT2D eigenvalue weighted by atomic mass is 35.5. The van der Waals surface area contributed by atoms with Crippen LogP contribution in [0.4, 0.5) is 0 Å². The molecular weight excluding hydrogens is 358 g/mol. The summed E-state index contributed by atoms with van der Waals surface area (Å²) in [5.74, 6) is -0.793. The van der Waals surface area contributed by atoms with Gasteiger partial charge >= 0.3 is 5.97 Å². The lowest BCUT2D eigenvalue weighted by Gasteiger charge is -2.16. The van der Waals surface area contributed by atoms with Gasteiger partial charge in [-0.15, -0.1) is 0 Å². The molecule has 0 radical (unpaired) electrons. The first-order valence-electron chi connectivity index (χ1n) is 8.08. The first kappa shape index (κ1) is 19.6. The zero-order valence-corrected chi connectivity index (χ0v) is 15.2. The number of carboxylic acids is 1. The van der Waals surface area contributed by atoms with E-state index in [1.54, 1.807) is 25.1 Å². The molecule has 1 atom stereocenters. The van der Waals surface area contributed by atoms with Crippen LogP contribution in [0.15, 0.2) is 42.5 Å². The van der Waals surface area contributed by atoms with Crippen molar-refractivity contribution in [2.24, 2.45) is 0 Å². The topological polar surface area (TPSA) is 84.9 Å². The van der Waals surface area contributed by atoms with Crippen LogP contribution in [-0.4, -0.2) is 30.2 Å². The number of benzene rings is 2. The number of nitrogens with one attached hydrogen (secondary N) is 1. The Morgan fingerprint density at radius 2 is 1.92 bits per heavy atom. The Kier molecular flexibility index (Phi) is 6.86. The van der Waals surface area contributed by atoms with Gasteiger partial charge in [-0.05, 0) is 49.7 Å². The van der Waals surface area contributed by atoms with Gasteiger partial charge in [0.1, 0.15) is 0 Å². The van der Waals surface area contributed by atoms with Crippen molar-refractivity contribution in [2.45, 2.75) is 19.9 Å². The number of halogens is 1. The number of carboxylic acid groups (broad SMARTS) is 1. The monoisotopic (exact) mass is 377 g/mol. The third kappa shape index (κ3) is 5.39. The summed E-state index contributed by atoms with van der Waals surface area (Å²) in [4.78, 5) is 23.2. The van der Waals surface area contributed by atoms with Crippen molar-refractivity contribution in [3.05, 3.63) is 58.6 Å². The van der Waals surface area contributed by atoms with Crippen LogP contribution in [0.1, 0.15) is 35.8 Å². The van der Waals surface area contributed by atoms with E-state index >= 15 is 0 Å². The van der Waals surface area contributed by atoms with Gasteiger partial charge in [0.15, 0.2) is 18.1 Å². The molecule has 1 amide bonds. The molecule has 0 saturated carbocycles. The molecule has 7 heteroatoms. The number of ether oxygens (including phenoxy) is 2. The fourth-order valence-corrected chi connectivity index (χ4v) is 2.51. The summed E-state index contributed by atoms with van der Waals surface area (Å²) in [5.41, 5.74) is 1.27. The summed E-state index contributed by atoms with van der Waals surface area (Å²) in [5, 5.41) is 12.2. The van der Waals surface area contributed by atoms with E-state index < -0.39 is 12.6 Å². The smallest absolute Gasteiger partial charge is 0.341 e. The van der Waals surface area contributed by atoms with Crippen molar-refractivity contribution in [2.75, 3.05) is 13.2 Å². The Morgan fingerprint density at radius 3 is 2.58 bits per heavy atom. The van der Waals surface area contributed by atoms with Gasteiger partial charge in [0.05, 0.1) is 12.6 Å². The molecule has 0 bridgehead atoms. The van der Waals surface area contributed by atoms with Gasteiger partial charge in [-0.2, -0.15) is 0 Å². The molecule has 0 spiro atoms. The van der Waals surface area contributed by atoms with Gasteiger partial charge in [0.2, 0.25) is 0 Å². The number of carbonyl (C=O) groups excluding carboxylic acids is 1. The first-order valence-corrected chi connectivity index (χ1v) is 8.46. The van der Waals surface area contributed by atoms with Crippen LogP contribution >= 0.6 is 11.6 Å². The minimum Gasteiger partial charge on any atom is -0.490 e. The van der Waals surface area contributed by atoms with Gasteiger partial charge in [0.25, 0.3) is 5.91 Å². The minimum atomic E-state index is -1.09. The molecular formula is C19H20ClNO5. The van der Waals surface area contributed by atoms with Crippen molar-refractivity contribution in [1.29, 1.82) is 0 Å². The molecule has 0 aliphatic carbocycles. The second-order valence-corrected chi connectivity index (χ2v) is 5.96. The van der Waals surface area contributed by atoms with Crippen LogP contribution in [0.25, 0.3) is 0 Å². The van der Waals surface area contributed by atoms with E-state index in [1.165, 1.54) is 12.1 Å². The van der Waals surface area contributed by atoms with Crippen LogP contribution in [-0.2, 0) is 4.79 Å². The maximum Gasteiger partial charge on any atom is 0.341 e. The van der Waals surface area contributed by atoms with Gasteiger partial charge in [-0.1, -0.05) is 23.7 Å². The highest BCUT2D eigenvalue weighted by Gasteiger charge is 2.15. The van der Waals surface area contributed by atoms with Crippen LogP contribution in [0.3, 0.4) is 0 Å². The first-order chi connectivity index (χ1) is 12.4. The van der Waals surface area contributed by atoms with E-state index in [0.717, 1.165) is 5.56 Å². The van der Waals surface area contributed by atoms with Crippen molar-refractivity contribution in [3.8, 4) is 11.5 Å². The maximum atomic E-state index is 12.5. The Morgan fingerprint density at radius 1 is 1.15 bits per heavy atom. The second kappa shape index (κ2) is 9.10. The molecule has 0 aliphatic heterocycles. The number of amides is 1. The van der Waals surface area contributed by atoms with Crippen LogP contribution < -0.4 is 14.8 Å². The molecule has 6 nitrogen and oxygen atoms in total. The van der Waals surface area contributed by atoms with E-state index in [2.05, 4.69) is 5.32 Å². The number of hydrogen-bond acceptors (Lipinski definition) is 4. The minimum absolute atomic E-state index is 0.236. The largest absolute Gasteiger partial charge is 0.490 e. The van der Waals surface area contributed by atoms with E-state index in [9.17, 15) is 9.59 Å². The lowest BCUT2D eigenvalue weighted by Crippen LogP contribution is -2.26. The lowest BCUT2D eigenvalue weighted by molar-refractivity contribution is -0.139. The normalized spacial score (nSPS) is 11.5. The molecule has 2 aromatic carbocycles. The summed E-state index contributed by atoms with van der Waals surface area (Å²) in [6.45, 7) is 3.51. The maximum absolute atomic E-state index is 12.5. The molecule has 0 saturated heterocycles. The average molecular weight is 378 g/mol. The third-order valence-electron chi connectivity index (χ3n) is 3.55. The molecule has 2 aromatic rings. The lowest BCUT2D eigenvalue weighted by atomic mass is 10.1. The Bertz CT molecular complexity index is 793. The van der Waals surface area contributed by atoms with Crippen molar-refractivity contribution >= 4 is 23.5 Å². The van der Waals surface area contributed by atoms with Gasteiger partial charge < -0.3 is 19.9 Å². The highest BCUT2D eigenvalue weighted by molar-refractivity contribution is 6.30. The van der Waals surface area contributed by atoms with E-state index in [1.807, 2.05) is 19.1 Å². The Labute approximate surface area is 156 Å². The molecule has 2 N–H and O–H groups in total. The number of carbonyl (C=O) groups is 2. The quantitative estimate of drug-likeness (QED) is 0.732. The average Bonchev–Trinajstić information content (AvgIpc) is 2.60. The molecule has 0 aromatic heterocycles. The van der Waals surface area contributed by atoms with Crippen LogP contribution in [0.2, 0.25) is 5.02 Å². The summed E-state index contributed by atoms with van der Waals surface area (Å²) < 4.78 is 10.6. The SMILES string of the molecule is CCOc1cc(C(=O)NC(C)c2cccc(Cl)c2)ccc1OCC(=O)O. The van der Waals surface area contributed by atoms with Crippen LogP contribution in [0, 0.1) is 0 Å². The van der Waals surface area contributed by atoms with E-state index in [4.69, 9.17) is 26.2 Å². The predicted octanol–water partition coefficient (Wildman–Crippen LogP) is 3.69. The molecule has 0 aliphatic rings. The summed E-state index contributed by atoms with van der Waals surface area (Å²) in [6.07, 6.45) is 0. The van der Waals surface area contributed by atoms with Gasteiger partial charge in [-0.3, -0.25) is 4.79 Å². The molecule has 26 heavy (non-hydrogen) atoms. The highest BCUT2D eigenvalue weighted by Crippen LogP contribution is 2.29. The molecule has 138 valence electrons. The molecule has 1 unspecified atom stereocenters. The molecule has 0 heterocycles. The zero-order valence-electron chi connectivity index (χ0n) is 14.5. The van der Waals surface area contributed by atoms with Gasteiger partial charge in [0, 0.05) is 10.6 Å². The van der Waals surface area contributed by atoms with E-state index in [0.29, 0.717) is 22.9 Å². The summed E-state index contributed by atoms with van der Waals surface area (Å²) >= 11 is 5.98. The Hall–Kier alpha value is -2.73. The number of hydrogen-bond donors (Lipinski definition) is 2. The fourth-order valence-electron chi connectivity index (χ4n) is 2.32. The number of rotatable bonds is 8. The van der Waals surface area contributed by atoms with Crippen molar-refractivity contribution in [1.82, 2.24) is 5.32 Å². The summed E-state index contributed by atoms with van der Waals surface area (Å²) in [7, 11) is 0.